The smallest absolute Gasteiger partial charge is 0.256 e. The number of carbonyl (C=O) groups excluding carboxylic acids is 1. The number of piperidine rings is 1. The number of nitrogens with zero attached hydrogens (tertiary/aromatic N) is 4. The number of ether oxygens (including phenoxy) is 1. The van der Waals surface area contributed by atoms with Crippen LogP contribution in [-0.4, -0.2) is 58.0 Å². The minimum atomic E-state index is -0.345. The number of likely N-dealkylation sites (N-methyl/N-ethyl adjacent to an activating group) is 1. The van der Waals surface area contributed by atoms with Crippen LogP contribution in [0.1, 0.15) is 47.3 Å². The highest BCUT2D eigenvalue weighted by atomic mass is 35.5. The molecule has 5 heterocycles. The Morgan fingerprint density at radius 1 is 1.24 bits per heavy atom. The van der Waals surface area contributed by atoms with E-state index >= 15 is 0 Å². The van der Waals surface area contributed by atoms with E-state index in [1.54, 1.807) is 0 Å². The summed E-state index contributed by atoms with van der Waals surface area (Å²) in [5.41, 5.74) is 3.70. The van der Waals surface area contributed by atoms with Crippen molar-refractivity contribution in [2.75, 3.05) is 26.7 Å². The number of likely N-dealkylation sites (tertiary alicyclic amines) is 2. The van der Waals surface area contributed by atoms with Crippen molar-refractivity contribution in [3.05, 3.63) is 64.6 Å². The first-order chi connectivity index (χ1) is 16.0. The normalized spacial score (nSPS) is 22.4. The van der Waals surface area contributed by atoms with Crippen molar-refractivity contribution in [3.63, 3.8) is 0 Å². The van der Waals surface area contributed by atoms with Crippen LogP contribution < -0.4 is 0 Å². The second-order valence-electron chi connectivity index (χ2n) is 9.72. The maximum Gasteiger partial charge on any atom is 0.256 e. The molecule has 2 saturated heterocycles. The molecule has 7 heteroatoms. The highest BCUT2D eigenvalue weighted by molar-refractivity contribution is 6.31. The molecular weight excluding hydrogens is 436 g/mol. The van der Waals surface area contributed by atoms with Gasteiger partial charge in [-0.3, -0.25) is 9.78 Å². The fraction of sp³-hybridized carbons (Fsp3) is 0.462. The monoisotopic (exact) mass is 464 g/mol. The SMILES string of the molecule is CN1CCC[C@H]1Cn1cc(C(=O)N2CCC3(CC2)OCc2cccnc23)c2ccc(Cl)cc21. The van der Waals surface area contributed by atoms with E-state index in [0.717, 1.165) is 48.1 Å². The number of carbonyl (C=O) groups is 1. The standard InChI is InChI=1S/C26H29ClN4O2/c1-29-11-3-5-20(29)15-31-16-22(21-7-6-19(27)14-23(21)31)25(32)30-12-8-26(9-13-30)24-18(17-33-26)4-2-10-28-24/h2,4,6-7,10,14,16,20H,3,5,8-9,11-13,15,17H2,1H3/t20-/m0/s1. The molecule has 6 nitrogen and oxygen atoms in total. The molecule has 2 fully saturated rings. The van der Waals surface area contributed by atoms with Crippen molar-refractivity contribution >= 4 is 28.4 Å². The lowest BCUT2D eigenvalue weighted by Crippen LogP contribution is -2.45. The Labute approximate surface area is 199 Å². The summed E-state index contributed by atoms with van der Waals surface area (Å²) in [5, 5.41) is 1.68. The van der Waals surface area contributed by atoms with Crippen LogP contribution in [-0.2, 0) is 23.5 Å². The van der Waals surface area contributed by atoms with E-state index < -0.39 is 0 Å². The van der Waals surface area contributed by atoms with Gasteiger partial charge in [-0.2, -0.15) is 0 Å². The largest absolute Gasteiger partial charge is 0.364 e. The molecule has 3 aliphatic rings. The highest BCUT2D eigenvalue weighted by Crippen LogP contribution is 2.43. The first-order valence-electron chi connectivity index (χ1n) is 11.9. The molecule has 33 heavy (non-hydrogen) atoms. The topological polar surface area (TPSA) is 50.6 Å². The zero-order valence-electron chi connectivity index (χ0n) is 19.0. The Bertz CT molecular complexity index is 1210. The molecule has 0 saturated carbocycles. The Hall–Kier alpha value is -2.41. The van der Waals surface area contributed by atoms with Gasteiger partial charge in [-0.05, 0) is 57.5 Å². The van der Waals surface area contributed by atoms with Crippen LogP contribution in [0.25, 0.3) is 10.9 Å². The summed E-state index contributed by atoms with van der Waals surface area (Å²) in [6, 6.07) is 10.4. The van der Waals surface area contributed by atoms with E-state index in [4.69, 9.17) is 16.3 Å². The second-order valence-corrected chi connectivity index (χ2v) is 10.2. The minimum absolute atomic E-state index is 0.0925. The third kappa shape index (κ3) is 3.56. The summed E-state index contributed by atoms with van der Waals surface area (Å²) in [4.78, 5) is 22.7. The van der Waals surface area contributed by atoms with E-state index in [0.29, 0.717) is 30.8 Å². The van der Waals surface area contributed by atoms with Crippen molar-refractivity contribution in [2.45, 2.75) is 50.5 Å². The number of rotatable bonds is 3. The van der Waals surface area contributed by atoms with Gasteiger partial charge in [-0.15, -0.1) is 0 Å². The summed E-state index contributed by atoms with van der Waals surface area (Å²) in [6.07, 6.45) is 7.85. The van der Waals surface area contributed by atoms with Crippen LogP contribution in [0.3, 0.4) is 0 Å². The van der Waals surface area contributed by atoms with Crippen molar-refractivity contribution in [1.29, 1.82) is 0 Å². The molecule has 1 aromatic carbocycles. The first-order valence-corrected chi connectivity index (χ1v) is 12.3. The van der Waals surface area contributed by atoms with Crippen LogP contribution in [0, 0.1) is 0 Å². The molecule has 1 spiro atoms. The molecule has 172 valence electrons. The molecule has 0 unspecified atom stereocenters. The zero-order chi connectivity index (χ0) is 22.6. The van der Waals surface area contributed by atoms with E-state index in [-0.39, 0.29) is 11.5 Å². The molecule has 1 atom stereocenters. The molecule has 1 amide bonds. The molecule has 0 aliphatic carbocycles. The van der Waals surface area contributed by atoms with E-state index in [9.17, 15) is 4.79 Å². The average molecular weight is 465 g/mol. The number of pyridine rings is 1. The Morgan fingerprint density at radius 3 is 2.88 bits per heavy atom. The van der Waals surface area contributed by atoms with Gasteiger partial charge in [0.05, 0.1) is 23.4 Å². The van der Waals surface area contributed by atoms with Crippen LogP contribution in [0.5, 0.6) is 0 Å². The van der Waals surface area contributed by atoms with E-state index in [1.165, 1.54) is 18.4 Å². The quantitative estimate of drug-likeness (QED) is 0.574. The lowest BCUT2D eigenvalue weighted by atomic mass is 9.87. The Kier molecular flexibility index (Phi) is 5.20. The lowest BCUT2D eigenvalue weighted by Gasteiger charge is -2.38. The number of fused-ring (bicyclic) bond motifs is 3. The van der Waals surface area contributed by atoms with Gasteiger partial charge in [0.1, 0.15) is 5.60 Å². The molecule has 3 aliphatic heterocycles. The number of amides is 1. The fourth-order valence-electron chi connectivity index (χ4n) is 5.90. The van der Waals surface area contributed by atoms with Gasteiger partial charge in [-0.1, -0.05) is 23.7 Å². The predicted octanol–water partition coefficient (Wildman–Crippen LogP) is 4.45. The molecule has 0 radical (unpaired) electrons. The van der Waals surface area contributed by atoms with Gasteiger partial charge < -0.3 is 19.1 Å². The molecular formula is C26H29ClN4O2. The first kappa shape index (κ1) is 21.1. The van der Waals surface area contributed by atoms with Crippen LogP contribution in [0.15, 0.2) is 42.7 Å². The maximum absolute atomic E-state index is 13.7. The van der Waals surface area contributed by atoms with Crippen molar-refractivity contribution in [3.8, 4) is 0 Å². The van der Waals surface area contributed by atoms with E-state index in [1.807, 2.05) is 41.6 Å². The number of hydrogen-bond acceptors (Lipinski definition) is 4. The third-order valence-electron chi connectivity index (χ3n) is 7.84. The van der Waals surface area contributed by atoms with Gasteiger partial charge in [0, 0.05) is 54.0 Å². The molecule has 3 aromatic rings. The van der Waals surface area contributed by atoms with Crippen LogP contribution in [0.2, 0.25) is 5.02 Å². The summed E-state index contributed by atoms with van der Waals surface area (Å²) >= 11 is 6.35. The molecule has 0 N–H and O–H groups in total. The number of benzene rings is 1. The van der Waals surface area contributed by atoms with E-state index in [2.05, 4.69) is 27.6 Å². The summed E-state index contributed by atoms with van der Waals surface area (Å²) in [5.74, 6) is 0.0925. The van der Waals surface area contributed by atoms with Crippen LogP contribution >= 0.6 is 11.6 Å². The summed E-state index contributed by atoms with van der Waals surface area (Å²) < 4.78 is 8.46. The van der Waals surface area contributed by atoms with Gasteiger partial charge in [-0.25, -0.2) is 0 Å². The third-order valence-corrected chi connectivity index (χ3v) is 8.07. The number of hydrogen-bond donors (Lipinski definition) is 0. The molecule has 0 bridgehead atoms. The Balaban J connectivity index is 1.26. The van der Waals surface area contributed by atoms with Crippen LogP contribution in [0.4, 0.5) is 0 Å². The van der Waals surface area contributed by atoms with Gasteiger partial charge in [0.15, 0.2) is 0 Å². The molecule has 6 rings (SSSR count). The van der Waals surface area contributed by atoms with Crippen molar-refractivity contribution in [2.24, 2.45) is 0 Å². The minimum Gasteiger partial charge on any atom is -0.364 e. The van der Waals surface area contributed by atoms with Crippen molar-refractivity contribution < 1.29 is 9.53 Å². The van der Waals surface area contributed by atoms with Gasteiger partial charge in [0.2, 0.25) is 0 Å². The molecule has 2 aromatic heterocycles. The second kappa shape index (κ2) is 8.12. The lowest BCUT2D eigenvalue weighted by molar-refractivity contribution is -0.0762. The maximum atomic E-state index is 13.7. The number of aromatic nitrogens is 2. The Morgan fingerprint density at radius 2 is 2.09 bits per heavy atom. The van der Waals surface area contributed by atoms with Gasteiger partial charge >= 0.3 is 0 Å². The summed E-state index contributed by atoms with van der Waals surface area (Å²) in [6.45, 7) is 3.95. The van der Waals surface area contributed by atoms with Gasteiger partial charge in [0.25, 0.3) is 5.91 Å². The van der Waals surface area contributed by atoms with Crippen molar-refractivity contribution in [1.82, 2.24) is 19.4 Å². The predicted molar refractivity (Wildman–Crippen MR) is 128 cm³/mol. The average Bonchev–Trinajstić information content (AvgIpc) is 3.51. The zero-order valence-corrected chi connectivity index (χ0v) is 19.7. The fourth-order valence-corrected chi connectivity index (χ4v) is 6.06. The summed E-state index contributed by atoms with van der Waals surface area (Å²) in [7, 11) is 2.18. The number of halogens is 1. The highest BCUT2D eigenvalue weighted by Gasteiger charge is 2.44.